The van der Waals surface area contributed by atoms with E-state index in [0.29, 0.717) is 45.8 Å². The van der Waals surface area contributed by atoms with Gasteiger partial charge in [-0.25, -0.2) is 4.39 Å². The van der Waals surface area contributed by atoms with Gasteiger partial charge in [-0.05, 0) is 49.2 Å². The lowest BCUT2D eigenvalue weighted by atomic mass is 10.3. The van der Waals surface area contributed by atoms with Crippen LogP contribution in [0.15, 0.2) is 58.2 Å². The lowest BCUT2D eigenvalue weighted by Crippen LogP contribution is -2.08. The molecule has 0 unspecified atom stereocenters. The topological polar surface area (TPSA) is 88.1 Å². The van der Waals surface area contributed by atoms with Gasteiger partial charge >= 0.3 is 0 Å². The van der Waals surface area contributed by atoms with Gasteiger partial charge in [0.1, 0.15) is 23.9 Å². The van der Waals surface area contributed by atoms with E-state index in [4.69, 9.17) is 14.0 Å². The zero-order valence-electron chi connectivity index (χ0n) is 17.3. The van der Waals surface area contributed by atoms with Crippen molar-refractivity contribution >= 4 is 11.8 Å². The van der Waals surface area contributed by atoms with Crippen molar-refractivity contribution in [2.75, 3.05) is 7.11 Å². The molecule has 2 aromatic carbocycles. The van der Waals surface area contributed by atoms with Gasteiger partial charge in [0.2, 0.25) is 5.89 Å². The molecule has 5 rings (SSSR count). The average molecular weight is 453 g/mol. The molecule has 1 fully saturated rings. The van der Waals surface area contributed by atoms with Crippen LogP contribution < -0.4 is 9.47 Å². The third-order valence-corrected chi connectivity index (χ3v) is 5.89. The smallest absolute Gasteiger partial charge is 0.229 e. The van der Waals surface area contributed by atoms with E-state index in [0.717, 1.165) is 18.6 Å². The molecule has 0 N–H and O–H groups in total. The van der Waals surface area contributed by atoms with Crippen LogP contribution in [-0.4, -0.2) is 32.0 Å². The van der Waals surface area contributed by atoms with E-state index in [9.17, 15) is 4.39 Å². The first-order chi connectivity index (χ1) is 15.7. The third kappa shape index (κ3) is 4.45. The maximum absolute atomic E-state index is 14.6. The number of hydrogen-bond donors (Lipinski definition) is 0. The number of benzene rings is 2. The van der Waals surface area contributed by atoms with Crippen molar-refractivity contribution in [1.82, 2.24) is 24.9 Å². The highest BCUT2D eigenvalue weighted by atomic mass is 32.2. The predicted octanol–water partition coefficient (Wildman–Crippen LogP) is 4.55. The molecule has 32 heavy (non-hydrogen) atoms. The van der Waals surface area contributed by atoms with Crippen LogP contribution in [0.2, 0.25) is 0 Å². The number of ether oxygens (including phenoxy) is 2. The third-order valence-electron chi connectivity index (χ3n) is 4.96. The number of para-hydroxylation sites is 1. The van der Waals surface area contributed by atoms with Gasteiger partial charge in [-0.2, -0.15) is 4.98 Å². The van der Waals surface area contributed by atoms with Crippen LogP contribution in [0.5, 0.6) is 11.5 Å². The molecule has 164 valence electrons. The molecule has 4 aromatic rings. The van der Waals surface area contributed by atoms with Gasteiger partial charge in [0.25, 0.3) is 0 Å². The Morgan fingerprint density at radius 2 is 1.88 bits per heavy atom. The maximum Gasteiger partial charge on any atom is 0.229 e. The van der Waals surface area contributed by atoms with Crippen molar-refractivity contribution in [3.63, 3.8) is 0 Å². The Kier molecular flexibility index (Phi) is 5.76. The summed E-state index contributed by atoms with van der Waals surface area (Å²) in [5.41, 5.74) is 0.347. The molecule has 8 nitrogen and oxygen atoms in total. The number of thioether (sulfide) groups is 1. The molecule has 1 saturated carbocycles. The highest BCUT2D eigenvalue weighted by Gasteiger charge is 2.29. The van der Waals surface area contributed by atoms with E-state index in [1.807, 2.05) is 0 Å². The van der Waals surface area contributed by atoms with Crippen molar-refractivity contribution in [2.45, 2.75) is 36.3 Å². The molecule has 1 aliphatic rings. The first kappa shape index (κ1) is 20.5. The molecule has 0 bridgehead atoms. The van der Waals surface area contributed by atoms with E-state index in [-0.39, 0.29) is 12.4 Å². The lowest BCUT2D eigenvalue weighted by molar-refractivity contribution is 0.292. The fraction of sp³-hybridized carbons (Fsp3) is 0.273. The minimum absolute atomic E-state index is 0.113. The molecule has 0 atom stereocenters. The monoisotopic (exact) mass is 453 g/mol. The van der Waals surface area contributed by atoms with Crippen LogP contribution in [0.3, 0.4) is 0 Å². The summed E-state index contributed by atoms with van der Waals surface area (Å²) < 4.78 is 32.6. The van der Waals surface area contributed by atoms with Crippen LogP contribution in [0.25, 0.3) is 5.69 Å². The second kappa shape index (κ2) is 8.99. The summed E-state index contributed by atoms with van der Waals surface area (Å²) in [7, 11) is 1.60. The highest BCUT2D eigenvalue weighted by Crippen LogP contribution is 2.39. The fourth-order valence-corrected chi connectivity index (χ4v) is 3.94. The molecule has 0 spiro atoms. The Labute approximate surface area is 187 Å². The highest BCUT2D eigenvalue weighted by molar-refractivity contribution is 7.98. The molecule has 2 aromatic heterocycles. The first-order valence-corrected chi connectivity index (χ1v) is 11.1. The van der Waals surface area contributed by atoms with Crippen LogP contribution >= 0.6 is 11.8 Å². The van der Waals surface area contributed by atoms with E-state index >= 15 is 0 Å². The maximum atomic E-state index is 14.6. The Hall–Kier alpha value is -3.40. The van der Waals surface area contributed by atoms with Gasteiger partial charge in [-0.15, -0.1) is 10.2 Å². The van der Waals surface area contributed by atoms with Gasteiger partial charge < -0.3 is 14.0 Å². The summed E-state index contributed by atoms with van der Waals surface area (Å²) in [4.78, 5) is 4.44. The molecule has 0 saturated heterocycles. The van der Waals surface area contributed by atoms with Crippen LogP contribution in [0.4, 0.5) is 4.39 Å². The molecule has 0 aliphatic heterocycles. The number of hydrogen-bond acceptors (Lipinski definition) is 8. The largest absolute Gasteiger partial charge is 0.497 e. The lowest BCUT2D eigenvalue weighted by Gasteiger charge is -2.12. The summed E-state index contributed by atoms with van der Waals surface area (Å²) in [6, 6.07) is 13.7. The molecule has 0 radical (unpaired) electrons. The van der Waals surface area contributed by atoms with Crippen LogP contribution in [0, 0.1) is 5.82 Å². The minimum Gasteiger partial charge on any atom is -0.497 e. The number of halogens is 1. The average Bonchev–Trinajstić information content (AvgIpc) is 3.43. The normalized spacial score (nSPS) is 13.3. The Morgan fingerprint density at radius 1 is 1.09 bits per heavy atom. The summed E-state index contributed by atoms with van der Waals surface area (Å²) in [5.74, 6) is 3.56. The minimum atomic E-state index is -0.379. The second-order valence-electron chi connectivity index (χ2n) is 7.26. The van der Waals surface area contributed by atoms with E-state index in [1.165, 1.54) is 17.8 Å². The van der Waals surface area contributed by atoms with Crippen LogP contribution in [0.1, 0.15) is 36.3 Å². The molecule has 2 heterocycles. The number of nitrogens with zero attached hydrogens (tertiary/aromatic N) is 5. The Bertz CT molecular complexity index is 1210. The zero-order chi connectivity index (χ0) is 21.9. The molecular formula is C22H20FN5O3S. The summed E-state index contributed by atoms with van der Waals surface area (Å²) in [5, 5.41) is 13.1. The van der Waals surface area contributed by atoms with Crippen molar-refractivity contribution in [1.29, 1.82) is 0 Å². The standard InChI is InChI=1S/C22H20FN5O3S/c1-29-15-8-10-16(11-9-15)30-12-20-25-26-22(28(20)18-5-3-2-4-17(18)23)32-13-19-24-21(31-27-19)14-6-7-14/h2-5,8-11,14H,6-7,12-13H2,1H3. The zero-order valence-corrected chi connectivity index (χ0v) is 18.1. The first-order valence-electron chi connectivity index (χ1n) is 10.1. The van der Waals surface area contributed by atoms with E-state index < -0.39 is 0 Å². The van der Waals surface area contributed by atoms with Gasteiger partial charge in [-0.3, -0.25) is 4.57 Å². The molecular weight excluding hydrogens is 433 g/mol. The summed E-state index contributed by atoms with van der Waals surface area (Å²) in [6.07, 6.45) is 2.18. The van der Waals surface area contributed by atoms with Gasteiger partial charge in [0.15, 0.2) is 16.8 Å². The Balaban J connectivity index is 1.37. The van der Waals surface area contributed by atoms with Crippen molar-refractivity contribution in [3.8, 4) is 17.2 Å². The van der Waals surface area contributed by atoms with Crippen LogP contribution in [-0.2, 0) is 12.4 Å². The number of rotatable bonds is 9. The number of methoxy groups -OCH3 is 1. The van der Waals surface area contributed by atoms with Crippen molar-refractivity contribution in [3.05, 3.63) is 71.9 Å². The molecule has 0 amide bonds. The SMILES string of the molecule is COc1ccc(OCc2nnc(SCc3noc(C4CC4)n3)n2-c2ccccc2F)cc1. The van der Waals surface area contributed by atoms with E-state index in [2.05, 4.69) is 20.3 Å². The molecule has 1 aliphatic carbocycles. The number of aromatic nitrogens is 5. The predicted molar refractivity (Wildman–Crippen MR) is 114 cm³/mol. The second-order valence-corrected chi connectivity index (χ2v) is 8.20. The van der Waals surface area contributed by atoms with Gasteiger partial charge in [0.05, 0.1) is 18.6 Å². The summed E-state index contributed by atoms with van der Waals surface area (Å²) in [6.45, 7) is 0.113. The van der Waals surface area contributed by atoms with Gasteiger partial charge in [-0.1, -0.05) is 29.1 Å². The summed E-state index contributed by atoms with van der Waals surface area (Å²) >= 11 is 1.36. The quantitative estimate of drug-likeness (QED) is 0.341. The van der Waals surface area contributed by atoms with Crippen molar-refractivity contribution < 1.29 is 18.4 Å². The van der Waals surface area contributed by atoms with E-state index in [1.54, 1.807) is 54.1 Å². The van der Waals surface area contributed by atoms with Gasteiger partial charge in [0, 0.05) is 5.92 Å². The Morgan fingerprint density at radius 3 is 2.62 bits per heavy atom. The fourth-order valence-electron chi connectivity index (χ4n) is 3.13. The molecule has 10 heteroatoms. The van der Waals surface area contributed by atoms with Crippen molar-refractivity contribution in [2.24, 2.45) is 0 Å².